The van der Waals surface area contributed by atoms with Crippen LogP contribution in [0.25, 0.3) is 0 Å². The molecule has 0 spiro atoms. The number of anilines is 1. The number of urea groups is 1. The third-order valence-electron chi connectivity index (χ3n) is 3.44. The van der Waals surface area contributed by atoms with Crippen LogP contribution in [-0.4, -0.2) is 59.8 Å². The van der Waals surface area contributed by atoms with Crippen molar-refractivity contribution in [3.63, 3.8) is 0 Å². The van der Waals surface area contributed by atoms with E-state index in [9.17, 15) is 14.3 Å². The van der Waals surface area contributed by atoms with Crippen LogP contribution in [0.2, 0.25) is 0 Å². The lowest BCUT2D eigenvalue weighted by Crippen LogP contribution is -2.46. The van der Waals surface area contributed by atoms with E-state index < -0.39 is 6.10 Å². The van der Waals surface area contributed by atoms with Crippen LogP contribution >= 0.6 is 0 Å². The van der Waals surface area contributed by atoms with Crippen molar-refractivity contribution in [2.45, 2.75) is 25.5 Å². The number of hydrogen-bond donors (Lipinski definition) is 2. The van der Waals surface area contributed by atoms with Crippen LogP contribution in [-0.2, 0) is 0 Å². The Kier molecular flexibility index (Phi) is 4.95. The average molecular weight is 296 g/mol. The minimum absolute atomic E-state index is 0.0460. The Morgan fingerprint density at radius 1 is 1.71 bits per heavy atom. The van der Waals surface area contributed by atoms with Gasteiger partial charge in [0.1, 0.15) is 0 Å². The lowest BCUT2D eigenvalue weighted by atomic mass is 10.3. The summed E-state index contributed by atoms with van der Waals surface area (Å²) in [6.45, 7) is 3.09. The van der Waals surface area contributed by atoms with E-state index in [1.165, 1.54) is 11.0 Å². The minimum Gasteiger partial charge on any atom is -0.392 e. The van der Waals surface area contributed by atoms with E-state index in [1.54, 1.807) is 26.2 Å². The lowest BCUT2D eigenvalue weighted by Gasteiger charge is -2.22. The molecule has 1 saturated heterocycles. The summed E-state index contributed by atoms with van der Waals surface area (Å²) in [4.78, 5) is 19.3. The Morgan fingerprint density at radius 3 is 3.14 bits per heavy atom. The summed E-state index contributed by atoms with van der Waals surface area (Å²) in [5.74, 6) is -0.0257. The number of pyridine rings is 1. The summed E-state index contributed by atoms with van der Waals surface area (Å²) in [7, 11) is 1.63. The summed E-state index contributed by atoms with van der Waals surface area (Å²) in [5, 5.41) is 12.2. The number of likely N-dealkylation sites (N-methyl/N-ethyl adjacent to an activating group) is 1. The SMILES string of the molecule is CC(O)CN(C)C(=O)NC1CCN(c2ncccc2F)C1. The molecule has 6 nitrogen and oxygen atoms in total. The molecule has 0 radical (unpaired) electrons. The number of carbonyl (C=O) groups excluding carboxylic acids is 1. The van der Waals surface area contributed by atoms with Crippen LogP contribution in [0.4, 0.5) is 15.0 Å². The van der Waals surface area contributed by atoms with Crippen molar-refractivity contribution in [2.75, 3.05) is 31.6 Å². The van der Waals surface area contributed by atoms with Crippen LogP contribution in [0.3, 0.4) is 0 Å². The number of nitrogens with zero attached hydrogens (tertiary/aromatic N) is 3. The minimum atomic E-state index is -0.566. The van der Waals surface area contributed by atoms with Crippen molar-refractivity contribution in [2.24, 2.45) is 0 Å². The summed E-state index contributed by atoms with van der Waals surface area (Å²) < 4.78 is 13.7. The second-order valence-electron chi connectivity index (χ2n) is 5.42. The maximum absolute atomic E-state index is 13.7. The molecule has 0 saturated carbocycles. The Bertz CT molecular complexity index is 498. The first kappa shape index (κ1) is 15.5. The third kappa shape index (κ3) is 4.04. The number of nitrogens with one attached hydrogen (secondary N) is 1. The summed E-state index contributed by atoms with van der Waals surface area (Å²) in [6.07, 6.45) is 1.73. The molecular weight excluding hydrogens is 275 g/mol. The van der Waals surface area contributed by atoms with Gasteiger partial charge in [0.15, 0.2) is 11.6 Å². The largest absolute Gasteiger partial charge is 0.392 e. The highest BCUT2D eigenvalue weighted by Crippen LogP contribution is 2.20. The highest BCUT2D eigenvalue weighted by molar-refractivity contribution is 5.74. The van der Waals surface area contributed by atoms with E-state index in [0.717, 1.165) is 6.42 Å². The zero-order valence-electron chi connectivity index (χ0n) is 12.3. The summed E-state index contributed by atoms with van der Waals surface area (Å²) in [6, 6.07) is 2.66. The van der Waals surface area contributed by atoms with E-state index >= 15 is 0 Å². The van der Waals surface area contributed by atoms with Crippen molar-refractivity contribution in [1.82, 2.24) is 15.2 Å². The van der Waals surface area contributed by atoms with Gasteiger partial charge in [-0.2, -0.15) is 0 Å². The molecule has 116 valence electrons. The lowest BCUT2D eigenvalue weighted by molar-refractivity contribution is 0.142. The first-order valence-corrected chi connectivity index (χ1v) is 7.02. The van der Waals surface area contributed by atoms with E-state index in [-0.39, 0.29) is 24.4 Å². The predicted molar refractivity (Wildman–Crippen MR) is 77.7 cm³/mol. The standard InChI is InChI=1S/C14H21FN4O2/c1-10(20)8-18(2)14(21)17-11-5-7-19(9-11)13-12(15)4-3-6-16-13/h3-4,6,10-11,20H,5,7-9H2,1-2H3,(H,17,21). The van der Waals surface area contributed by atoms with Crippen LogP contribution in [0, 0.1) is 5.82 Å². The van der Waals surface area contributed by atoms with Gasteiger partial charge in [0, 0.05) is 38.9 Å². The summed E-state index contributed by atoms with van der Waals surface area (Å²) in [5.41, 5.74) is 0. The Labute approximate surface area is 123 Å². The smallest absolute Gasteiger partial charge is 0.317 e. The van der Waals surface area contributed by atoms with Gasteiger partial charge in [-0.3, -0.25) is 0 Å². The van der Waals surface area contributed by atoms with Crippen LogP contribution in [0.1, 0.15) is 13.3 Å². The number of carbonyl (C=O) groups is 1. The van der Waals surface area contributed by atoms with Crippen molar-refractivity contribution >= 4 is 11.8 Å². The molecule has 1 aliphatic rings. The molecule has 2 N–H and O–H groups in total. The van der Waals surface area contributed by atoms with E-state index in [0.29, 0.717) is 18.9 Å². The molecule has 1 aromatic rings. The van der Waals surface area contributed by atoms with Gasteiger partial charge in [-0.05, 0) is 25.5 Å². The first-order chi connectivity index (χ1) is 9.97. The fourth-order valence-corrected chi connectivity index (χ4v) is 2.44. The van der Waals surface area contributed by atoms with E-state index in [4.69, 9.17) is 0 Å². The highest BCUT2D eigenvalue weighted by Gasteiger charge is 2.27. The van der Waals surface area contributed by atoms with E-state index in [1.807, 2.05) is 4.90 Å². The zero-order chi connectivity index (χ0) is 15.4. The molecule has 2 atom stereocenters. The van der Waals surface area contributed by atoms with Crippen molar-refractivity contribution in [1.29, 1.82) is 0 Å². The Balaban J connectivity index is 1.88. The maximum atomic E-state index is 13.7. The second kappa shape index (κ2) is 6.71. The Hall–Kier alpha value is -1.89. The number of rotatable bonds is 4. The molecule has 0 bridgehead atoms. The van der Waals surface area contributed by atoms with Gasteiger partial charge in [0.2, 0.25) is 0 Å². The monoisotopic (exact) mass is 296 g/mol. The van der Waals surface area contributed by atoms with Crippen LogP contribution in [0.15, 0.2) is 18.3 Å². The molecule has 2 rings (SSSR count). The molecule has 1 aromatic heterocycles. The van der Waals surface area contributed by atoms with Crippen molar-refractivity contribution in [3.8, 4) is 0 Å². The van der Waals surface area contributed by atoms with Crippen LogP contribution < -0.4 is 10.2 Å². The van der Waals surface area contributed by atoms with Gasteiger partial charge in [-0.15, -0.1) is 0 Å². The molecule has 0 aliphatic carbocycles. The fourth-order valence-electron chi connectivity index (χ4n) is 2.44. The molecule has 21 heavy (non-hydrogen) atoms. The topological polar surface area (TPSA) is 68.7 Å². The number of aliphatic hydroxyl groups excluding tert-OH is 1. The fraction of sp³-hybridized carbons (Fsp3) is 0.571. The number of amides is 2. The van der Waals surface area contributed by atoms with Crippen molar-refractivity contribution < 1.29 is 14.3 Å². The normalized spacial score (nSPS) is 19.4. The predicted octanol–water partition coefficient (Wildman–Crippen LogP) is 0.822. The molecule has 7 heteroatoms. The molecule has 2 amide bonds. The number of aliphatic hydroxyl groups is 1. The number of aromatic nitrogens is 1. The van der Waals surface area contributed by atoms with Gasteiger partial charge in [0.05, 0.1) is 6.10 Å². The third-order valence-corrected chi connectivity index (χ3v) is 3.44. The van der Waals surface area contributed by atoms with Gasteiger partial charge >= 0.3 is 6.03 Å². The molecule has 2 unspecified atom stereocenters. The van der Waals surface area contributed by atoms with Crippen molar-refractivity contribution in [3.05, 3.63) is 24.1 Å². The zero-order valence-corrected chi connectivity index (χ0v) is 12.3. The number of hydrogen-bond acceptors (Lipinski definition) is 4. The van der Waals surface area contributed by atoms with Gasteiger partial charge in [0.25, 0.3) is 0 Å². The van der Waals surface area contributed by atoms with E-state index in [2.05, 4.69) is 10.3 Å². The molecule has 1 aliphatic heterocycles. The van der Waals surface area contributed by atoms with Gasteiger partial charge < -0.3 is 20.2 Å². The molecular formula is C14H21FN4O2. The van der Waals surface area contributed by atoms with Gasteiger partial charge in [-0.25, -0.2) is 14.2 Å². The molecule has 1 fully saturated rings. The average Bonchev–Trinajstić information content (AvgIpc) is 2.86. The van der Waals surface area contributed by atoms with Gasteiger partial charge in [-0.1, -0.05) is 0 Å². The second-order valence-corrected chi connectivity index (χ2v) is 5.42. The van der Waals surface area contributed by atoms with Crippen LogP contribution in [0.5, 0.6) is 0 Å². The Morgan fingerprint density at radius 2 is 2.48 bits per heavy atom. The summed E-state index contributed by atoms with van der Waals surface area (Å²) >= 11 is 0. The quantitative estimate of drug-likeness (QED) is 0.863. The number of halogens is 1. The maximum Gasteiger partial charge on any atom is 0.317 e. The first-order valence-electron chi connectivity index (χ1n) is 7.02. The molecule has 0 aromatic carbocycles. The molecule has 2 heterocycles. The highest BCUT2D eigenvalue weighted by atomic mass is 19.1.